The number of hydrogen-bond acceptors (Lipinski definition) is 2. The standard InChI is InChI=1S/C17H25N3/c1-13-4-5-16-15(14(2)19-17(16)12-13)6-10-20-9-3-7-18-8-11-20/h4-5,12,18-19H,3,6-11H2,1-2H3. The van der Waals surface area contributed by atoms with Crippen molar-refractivity contribution in [1.29, 1.82) is 0 Å². The van der Waals surface area contributed by atoms with E-state index in [9.17, 15) is 0 Å². The molecule has 1 saturated heterocycles. The number of hydrogen-bond donors (Lipinski definition) is 2. The van der Waals surface area contributed by atoms with Crippen molar-refractivity contribution < 1.29 is 0 Å². The van der Waals surface area contributed by atoms with E-state index >= 15 is 0 Å². The highest BCUT2D eigenvalue weighted by molar-refractivity contribution is 5.85. The highest BCUT2D eigenvalue weighted by Crippen LogP contribution is 2.23. The van der Waals surface area contributed by atoms with Gasteiger partial charge in [-0.2, -0.15) is 0 Å². The molecule has 0 amide bonds. The van der Waals surface area contributed by atoms with Gasteiger partial charge in [0.2, 0.25) is 0 Å². The van der Waals surface area contributed by atoms with E-state index in [4.69, 9.17) is 0 Å². The van der Waals surface area contributed by atoms with Crippen molar-refractivity contribution in [1.82, 2.24) is 15.2 Å². The van der Waals surface area contributed by atoms with Crippen LogP contribution in [0.1, 0.15) is 23.2 Å². The van der Waals surface area contributed by atoms with Gasteiger partial charge in [0.25, 0.3) is 0 Å². The van der Waals surface area contributed by atoms with Crippen LogP contribution in [0, 0.1) is 13.8 Å². The average molecular weight is 271 g/mol. The minimum Gasteiger partial charge on any atom is -0.358 e. The predicted octanol–water partition coefficient (Wildman–Crippen LogP) is 2.62. The Balaban J connectivity index is 1.75. The number of fused-ring (bicyclic) bond motifs is 1. The third-order valence-electron chi connectivity index (χ3n) is 4.39. The molecule has 1 aromatic carbocycles. The number of nitrogens with zero attached hydrogens (tertiary/aromatic N) is 1. The van der Waals surface area contributed by atoms with Crippen LogP contribution in [0.5, 0.6) is 0 Å². The van der Waals surface area contributed by atoms with Crippen LogP contribution in [0.15, 0.2) is 18.2 Å². The SMILES string of the molecule is Cc1ccc2c(CCN3CCCNCC3)c(C)[nH]c2c1. The fourth-order valence-corrected chi connectivity index (χ4v) is 3.22. The zero-order valence-corrected chi connectivity index (χ0v) is 12.6. The topological polar surface area (TPSA) is 31.1 Å². The summed E-state index contributed by atoms with van der Waals surface area (Å²) in [5.41, 5.74) is 5.44. The maximum absolute atomic E-state index is 3.54. The maximum atomic E-state index is 3.54. The van der Waals surface area contributed by atoms with E-state index in [1.54, 1.807) is 0 Å². The molecule has 2 heterocycles. The van der Waals surface area contributed by atoms with Gasteiger partial charge in [-0.3, -0.25) is 0 Å². The monoisotopic (exact) mass is 271 g/mol. The van der Waals surface area contributed by atoms with Crippen molar-refractivity contribution in [3.63, 3.8) is 0 Å². The van der Waals surface area contributed by atoms with E-state index in [1.165, 1.54) is 60.3 Å². The molecule has 0 bridgehead atoms. The van der Waals surface area contributed by atoms with Gasteiger partial charge in [0, 0.05) is 36.2 Å². The van der Waals surface area contributed by atoms with Crippen LogP contribution >= 0.6 is 0 Å². The summed E-state index contributed by atoms with van der Waals surface area (Å²) < 4.78 is 0. The fourth-order valence-electron chi connectivity index (χ4n) is 3.22. The van der Waals surface area contributed by atoms with Crippen LogP contribution in [0.25, 0.3) is 10.9 Å². The van der Waals surface area contributed by atoms with Crippen LogP contribution in [-0.4, -0.2) is 42.6 Å². The lowest BCUT2D eigenvalue weighted by atomic mass is 10.1. The Morgan fingerprint density at radius 3 is 2.95 bits per heavy atom. The zero-order valence-electron chi connectivity index (χ0n) is 12.6. The normalized spacial score (nSPS) is 17.5. The Labute approximate surface area is 121 Å². The highest BCUT2D eigenvalue weighted by atomic mass is 15.1. The molecule has 2 aromatic rings. The molecule has 0 aliphatic carbocycles. The van der Waals surface area contributed by atoms with Crippen LogP contribution in [0.4, 0.5) is 0 Å². The maximum Gasteiger partial charge on any atom is 0.0461 e. The molecule has 0 spiro atoms. The molecular weight excluding hydrogens is 246 g/mol. The summed E-state index contributed by atoms with van der Waals surface area (Å²) >= 11 is 0. The van der Waals surface area contributed by atoms with Gasteiger partial charge in [-0.1, -0.05) is 12.1 Å². The molecule has 2 N–H and O–H groups in total. The molecule has 108 valence electrons. The van der Waals surface area contributed by atoms with Crippen molar-refractivity contribution in [2.45, 2.75) is 26.7 Å². The Kier molecular flexibility index (Phi) is 4.08. The molecule has 0 radical (unpaired) electrons. The van der Waals surface area contributed by atoms with Gasteiger partial charge < -0.3 is 15.2 Å². The van der Waals surface area contributed by atoms with E-state index in [1.807, 2.05) is 0 Å². The van der Waals surface area contributed by atoms with Crippen LogP contribution in [0.2, 0.25) is 0 Å². The molecule has 3 heteroatoms. The number of benzene rings is 1. The summed E-state index contributed by atoms with van der Waals surface area (Å²) in [7, 11) is 0. The lowest BCUT2D eigenvalue weighted by Crippen LogP contribution is -2.30. The minimum absolute atomic E-state index is 1.13. The van der Waals surface area contributed by atoms with Gasteiger partial charge in [-0.05, 0) is 57.0 Å². The van der Waals surface area contributed by atoms with Gasteiger partial charge in [-0.15, -0.1) is 0 Å². The largest absolute Gasteiger partial charge is 0.358 e. The van der Waals surface area contributed by atoms with E-state index in [-0.39, 0.29) is 0 Å². The van der Waals surface area contributed by atoms with Crippen molar-refractivity contribution >= 4 is 10.9 Å². The van der Waals surface area contributed by atoms with E-state index < -0.39 is 0 Å². The van der Waals surface area contributed by atoms with Crippen molar-refractivity contribution in [3.05, 3.63) is 35.0 Å². The second-order valence-electron chi connectivity index (χ2n) is 5.97. The highest BCUT2D eigenvalue weighted by Gasteiger charge is 2.12. The fraction of sp³-hybridized carbons (Fsp3) is 0.529. The van der Waals surface area contributed by atoms with Crippen LogP contribution in [0.3, 0.4) is 0 Å². The molecular formula is C17H25N3. The van der Waals surface area contributed by atoms with Crippen LogP contribution in [-0.2, 0) is 6.42 Å². The second kappa shape index (κ2) is 5.98. The van der Waals surface area contributed by atoms with Gasteiger partial charge in [0.15, 0.2) is 0 Å². The molecule has 1 fully saturated rings. The zero-order chi connectivity index (χ0) is 13.9. The Bertz CT molecular complexity index is 577. The first-order valence-corrected chi connectivity index (χ1v) is 7.75. The minimum atomic E-state index is 1.13. The smallest absolute Gasteiger partial charge is 0.0461 e. The van der Waals surface area contributed by atoms with E-state index in [0.717, 1.165) is 13.0 Å². The Morgan fingerprint density at radius 2 is 2.05 bits per heavy atom. The molecule has 3 rings (SSSR count). The number of aryl methyl sites for hydroxylation is 2. The molecule has 1 aliphatic rings. The molecule has 0 saturated carbocycles. The van der Waals surface area contributed by atoms with Gasteiger partial charge in [-0.25, -0.2) is 0 Å². The summed E-state index contributed by atoms with van der Waals surface area (Å²) in [6.45, 7) is 10.2. The average Bonchev–Trinajstić information content (AvgIpc) is 2.62. The first-order chi connectivity index (χ1) is 9.74. The third kappa shape index (κ3) is 2.89. The van der Waals surface area contributed by atoms with Crippen LogP contribution < -0.4 is 5.32 Å². The first-order valence-electron chi connectivity index (χ1n) is 7.75. The molecule has 0 atom stereocenters. The number of rotatable bonds is 3. The summed E-state index contributed by atoms with van der Waals surface area (Å²) in [5, 5.41) is 4.87. The summed E-state index contributed by atoms with van der Waals surface area (Å²) in [4.78, 5) is 6.13. The van der Waals surface area contributed by atoms with Gasteiger partial charge in [0.1, 0.15) is 0 Å². The van der Waals surface area contributed by atoms with Gasteiger partial charge in [0.05, 0.1) is 0 Å². The predicted molar refractivity (Wildman–Crippen MR) is 85.4 cm³/mol. The summed E-state index contributed by atoms with van der Waals surface area (Å²) in [6, 6.07) is 6.74. The lowest BCUT2D eigenvalue weighted by Gasteiger charge is -2.19. The number of nitrogens with one attached hydrogen (secondary N) is 2. The van der Waals surface area contributed by atoms with Crippen molar-refractivity contribution in [2.24, 2.45) is 0 Å². The molecule has 1 aliphatic heterocycles. The summed E-state index contributed by atoms with van der Waals surface area (Å²) in [5.74, 6) is 0. The molecule has 20 heavy (non-hydrogen) atoms. The lowest BCUT2D eigenvalue weighted by molar-refractivity contribution is 0.296. The molecule has 0 unspecified atom stereocenters. The summed E-state index contributed by atoms with van der Waals surface area (Å²) in [6.07, 6.45) is 2.42. The molecule has 3 nitrogen and oxygen atoms in total. The quantitative estimate of drug-likeness (QED) is 0.899. The number of aromatic nitrogens is 1. The Hall–Kier alpha value is -1.32. The van der Waals surface area contributed by atoms with Crippen molar-refractivity contribution in [2.75, 3.05) is 32.7 Å². The first kappa shape index (κ1) is 13.7. The number of aromatic amines is 1. The number of H-pyrrole nitrogens is 1. The second-order valence-corrected chi connectivity index (χ2v) is 5.97. The Morgan fingerprint density at radius 1 is 1.15 bits per heavy atom. The van der Waals surface area contributed by atoms with E-state index in [2.05, 4.69) is 47.2 Å². The third-order valence-corrected chi connectivity index (χ3v) is 4.39. The molecule has 1 aromatic heterocycles. The van der Waals surface area contributed by atoms with Gasteiger partial charge >= 0.3 is 0 Å². The van der Waals surface area contributed by atoms with E-state index in [0.29, 0.717) is 0 Å². The van der Waals surface area contributed by atoms with Crippen molar-refractivity contribution in [3.8, 4) is 0 Å².